The molecule has 5 rings (SSSR count). The van der Waals surface area contributed by atoms with Crippen LogP contribution in [0.3, 0.4) is 0 Å². The SMILES string of the molecule is COCCOC(=O)C1=C(C)N=c2sc(=Cc3ccco3)c(=O)n2C1c1ccc(OC(=O)c2ccco2)cc1. The number of allylic oxidation sites excluding steroid dienone is 1. The Morgan fingerprint density at radius 1 is 1.05 bits per heavy atom. The number of hydrogen-bond donors (Lipinski definition) is 0. The summed E-state index contributed by atoms with van der Waals surface area (Å²) < 4.78 is 28.1. The molecule has 1 unspecified atom stereocenters. The van der Waals surface area contributed by atoms with Gasteiger partial charge in [0, 0.05) is 13.2 Å². The highest BCUT2D eigenvalue weighted by atomic mass is 32.1. The van der Waals surface area contributed by atoms with Gasteiger partial charge in [-0.15, -0.1) is 0 Å². The largest absolute Gasteiger partial charge is 0.465 e. The number of carbonyl (C=O) groups is 2. The van der Waals surface area contributed by atoms with Gasteiger partial charge in [-0.25, -0.2) is 14.6 Å². The Balaban J connectivity index is 1.56. The first-order valence-corrected chi connectivity index (χ1v) is 12.4. The standard InChI is InChI=1S/C27H22N2O8S/c1-16-22(26(32)36-14-13-33-2)23(17-7-9-18(10-8-17)37-25(31)20-6-4-12-35-20)29-24(30)21(38-27(29)28-16)15-19-5-3-11-34-19/h3-12,15,23H,13-14H2,1-2H3. The van der Waals surface area contributed by atoms with Crippen molar-refractivity contribution in [1.29, 1.82) is 0 Å². The molecule has 1 atom stereocenters. The van der Waals surface area contributed by atoms with Gasteiger partial charge in [0.05, 0.1) is 41.0 Å². The molecule has 0 N–H and O–H groups in total. The monoisotopic (exact) mass is 534 g/mol. The molecular weight excluding hydrogens is 512 g/mol. The van der Waals surface area contributed by atoms with Crippen molar-refractivity contribution in [2.75, 3.05) is 20.3 Å². The third-order valence-corrected chi connectivity index (χ3v) is 6.69. The number of carbonyl (C=O) groups excluding carboxylic acids is 2. The van der Waals surface area contributed by atoms with Gasteiger partial charge in [-0.3, -0.25) is 9.36 Å². The first-order valence-electron chi connectivity index (χ1n) is 11.5. The Labute approximate surface area is 219 Å². The quantitative estimate of drug-likeness (QED) is 0.192. The van der Waals surface area contributed by atoms with Crippen LogP contribution in [0.4, 0.5) is 0 Å². The van der Waals surface area contributed by atoms with Crippen molar-refractivity contribution in [2.45, 2.75) is 13.0 Å². The van der Waals surface area contributed by atoms with Crippen molar-refractivity contribution in [3.05, 3.63) is 109 Å². The first kappa shape index (κ1) is 25.2. The van der Waals surface area contributed by atoms with E-state index in [1.165, 1.54) is 41.6 Å². The second-order valence-electron chi connectivity index (χ2n) is 8.16. The fourth-order valence-electron chi connectivity index (χ4n) is 3.97. The minimum atomic E-state index is -0.824. The molecule has 0 radical (unpaired) electrons. The van der Waals surface area contributed by atoms with E-state index in [4.69, 9.17) is 23.0 Å². The molecule has 194 valence electrons. The van der Waals surface area contributed by atoms with E-state index in [2.05, 4.69) is 4.99 Å². The van der Waals surface area contributed by atoms with Gasteiger partial charge in [0.25, 0.3) is 5.56 Å². The molecule has 0 fully saturated rings. The summed E-state index contributed by atoms with van der Waals surface area (Å²) in [7, 11) is 1.51. The van der Waals surface area contributed by atoms with Crippen LogP contribution in [0.1, 0.15) is 34.8 Å². The third kappa shape index (κ3) is 5.01. The van der Waals surface area contributed by atoms with Gasteiger partial charge in [0.1, 0.15) is 18.1 Å². The zero-order chi connectivity index (χ0) is 26.6. The molecule has 0 amide bonds. The van der Waals surface area contributed by atoms with Gasteiger partial charge in [0.15, 0.2) is 4.80 Å². The highest BCUT2D eigenvalue weighted by molar-refractivity contribution is 7.07. The smallest absolute Gasteiger partial charge is 0.379 e. The lowest BCUT2D eigenvalue weighted by atomic mass is 9.96. The van der Waals surface area contributed by atoms with E-state index in [1.807, 2.05) is 0 Å². The zero-order valence-electron chi connectivity index (χ0n) is 20.4. The van der Waals surface area contributed by atoms with E-state index in [1.54, 1.807) is 55.5 Å². The second kappa shape index (κ2) is 10.9. The molecule has 3 aromatic heterocycles. The molecule has 1 aliphatic heterocycles. The third-order valence-electron chi connectivity index (χ3n) is 5.71. The molecule has 4 heterocycles. The van der Waals surface area contributed by atoms with Crippen LogP contribution in [-0.2, 0) is 14.3 Å². The lowest BCUT2D eigenvalue weighted by Gasteiger charge is -2.25. The van der Waals surface area contributed by atoms with E-state index in [0.717, 1.165) is 0 Å². The maximum atomic E-state index is 13.6. The highest BCUT2D eigenvalue weighted by Gasteiger charge is 2.33. The van der Waals surface area contributed by atoms with Crippen LogP contribution in [0, 0.1) is 0 Å². The van der Waals surface area contributed by atoms with Crippen molar-refractivity contribution in [1.82, 2.24) is 4.57 Å². The number of nitrogens with zero attached hydrogens (tertiary/aromatic N) is 2. The Hall–Kier alpha value is -4.48. The number of thiazole rings is 1. The Morgan fingerprint density at radius 2 is 1.82 bits per heavy atom. The van der Waals surface area contributed by atoms with Gasteiger partial charge in [-0.2, -0.15) is 0 Å². The predicted octanol–water partition coefficient (Wildman–Crippen LogP) is 2.83. The van der Waals surface area contributed by atoms with Crippen LogP contribution in [0.2, 0.25) is 0 Å². The van der Waals surface area contributed by atoms with E-state index in [9.17, 15) is 14.4 Å². The van der Waals surface area contributed by atoms with Crippen molar-refractivity contribution in [3.63, 3.8) is 0 Å². The lowest BCUT2D eigenvalue weighted by Crippen LogP contribution is -2.40. The molecule has 0 bridgehead atoms. The van der Waals surface area contributed by atoms with E-state index in [0.29, 0.717) is 26.4 Å². The number of hydrogen-bond acceptors (Lipinski definition) is 10. The average Bonchev–Trinajstić information content (AvgIpc) is 3.67. The van der Waals surface area contributed by atoms with Gasteiger partial charge < -0.3 is 23.0 Å². The summed E-state index contributed by atoms with van der Waals surface area (Å²) in [5.41, 5.74) is 0.912. The summed E-state index contributed by atoms with van der Waals surface area (Å²) in [6.45, 7) is 1.97. The summed E-state index contributed by atoms with van der Waals surface area (Å²) >= 11 is 1.19. The Morgan fingerprint density at radius 3 is 2.50 bits per heavy atom. The van der Waals surface area contributed by atoms with Gasteiger partial charge in [-0.05, 0) is 48.9 Å². The molecule has 1 aromatic carbocycles. The van der Waals surface area contributed by atoms with Crippen LogP contribution in [0.25, 0.3) is 6.08 Å². The summed E-state index contributed by atoms with van der Waals surface area (Å²) in [5.74, 6) is -0.402. The maximum absolute atomic E-state index is 13.6. The highest BCUT2D eigenvalue weighted by Crippen LogP contribution is 2.31. The molecule has 0 saturated carbocycles. The van der Waals surface area contributed by atoms with E-state index in [-0.39, 0.29) is 35.9 Å². The van der Waals surface area contributed by atoms with Crippen LogP contribution in [0.5, 0.6) is 5.75 Å². The number of aromatic nitrogens is 1. The molecule has 0 spiro atoms. The molecule has 0 saturated heterocycles. The average molecular weight is 535 g/mol. The lowest BCUT2D eigenvalue weighted by molar-refractivity contribution is -0.140. The normalized spacial score (nSPS) is 15.2. The first-order chi connectivity index (χ1) is 18.5. The molecule has 11 heteroatoms. The van der Waals surface area contributed by atoms with Crippen LogP contribution >= 0.6 is 11.3 Å². The minimum Gasteiger partial charge on any atom is -0.465 e. The summed E-state index contributed by atoms with van der Waals surface area (Å²) in [6, 6.07) is 12.3. The number of methoxy groups -OCH3 is 1. The van der Waals surface area contributed by atoms with Crippen LogP contribution < -0.4 is 19.6 Å². The molecule has 4 aromatic rings. The van der Waals surface area contributed by atoms with Crippen LogP contribution in [0.15, 0.2) is 90.9 Å². The maximum Gasteiger partial charge on any atom is 0.379 e. The van der Waals surface area contributed by atoms with Gasteiger partial charge in [-0.1, -0.05) is 23.5 Å². The number of benzene rings is 1. The zero-order valence-corrected chi connectivity index (χ0v) is 21.2. The van der Waals surface area contributed by atoms with Gasteiger partial charge in [0.2, 0.25) is 5.76 Å². The van der Waals surface area contributed by atoms with Crippen molar-refractivity contribution >= 4 is 29.4 Å². The number of fused-ring (bicyclic) bond motifs is 1. The number of rotatable bonds is 8. The number of furan rings is 2. The van der Waals surface area contributed by atoms with Crippen molar-refractivity contribution < 1.29 is 32.6 Å². The number of ether oxygens (including phenoxy) is 3. The fourth-order valence-corrected chi connectivity index (χ4v) is 4.99. The van der Waals surface area contributed by atoms with E-state index < -0.39 is 18.0 Å². The van der Waals surface area contributed by atoms with E-state index >= 15 is 0 Å². The summed E-state index contributed by atoms with van der Waals surface area (Å²) in [5, 5.41) is 0. The van der Waals surface area contributed by atoms with Gasteiger partial charge >= 0.3 is 11.9 Å². The summed E-state index contributed by atoms with van der Waals surface area (Å²) in [4.78, 5) is 44.0. The fraction of sp³-hybridized carbons (Fsp3) is 0.185. The predicted molar refractivity (Wildman–Crippen MR) is 135 cm³/mol. The molecule has 0 aliphatic carbocycles. The van der Waals surface area contributed by atoms with Crippen molar-refractivity contribution in [2.24, 2.45) is 4.99 Å². The number of esters is 2. The summed E-state index contributed by atoms with van der Waals surface area (Å²) in [6.07, 6.45) is 4.53. The molecule has 38 heavy (non-hydrogen) atoms. The Kier molecular flexibility index (Phi) is 7.20. The van der Waals surface area contributed by atoms with Crippen LogP contribution in [-0.4, -0.2) is 36.8 Å². The molecular formula is C27H22N2O8S. The van der Waals surface area contributed by atoms with Crippen molar-refractivity contribution in [3.8, 4) is 5.75 Å². The Bertz CT molecular complexity index is 1660. The molecule has 10 nitrogen and oxygen atoms in total. The second-order valence-corrected chi connectivity index (χ2v) is 9.17. The molecule has 1 aliphatic rings. The minimum absolute atomic E-state index is 0.0451. The topological polar surface area (TPSA) is 122 Å².